The van der Waals surface area contributed by atoms with Crippen molar-refractivity contribution >= 4 is 0 Å². The average Bonchev–Trinajstić information content (AvgIpc) is 2.38. The van der Waals surface area contributed by atoms with Gasteiger partial charge in [-0.1, -0.05) is 50.2 Å². The Balaban J connectivity index is 1.96. The Kier molecular flexibility index (Phi) is 3.76. The lowest BCUT2D eigenvalue weighted by Crippen LogP contribution is -1.97. The predicted molar refractivity (Wildman–Crippen MR) is 69.1 cm³/mol. The van der Waals surface area contributed by atoms with Crippen LogP contribution in [0.3, 0.4) is 0 Å². The standard InChI is InChI=1S/C15H17NO/c1-12(2)14-8-9-15(16-10-14)17-11-13-6-4-3-5-7-13/h3-10,12H,11H2,1-2H3. The van der Waals surface area contributed by atoms with Gasteiger partial charge in [0, 0.05) is 12.3 Å². The molecule has 88 valence electrons. The summed E-state index contributed by atoms with van der Waals surface area (Å²) in [6.07, 6.45) is 1.88. The van der Waals surface area contributed by atoms with Gasteiger partial charge in [-0.2, -0.15) is 0 Å². The van der Waals surface area contributed by atoms with E-state index in [4.69, 9.17) is 4.74 Å². The molecule has 0 fully saturated rings. The van der Waals surface area contributed by atoms with E-state index in [-0.39, 0.29) is 0 Å². The van der Waals surface area contributed by atoms with Gasteiger partial charge in [0.2, 0.25) is 5.88 Å². The van der Waals surface area contributed by atoms with Crippen molar-refractivity contribution in [3.63, 3.8) is 0 Å². The van der Waals surface area contributed by atoms with Gasteiger partial charge in [-0.15, -0.1) is 0 Å². The van der Waals surface area contributed by atoms with Gasteiger partial charge in [0.25, 0.3) is 0 Å². The van der Waals surface area contributed by atoms with Crippen LogP contribution in [0.15, 0.2) is 48.7 Å². The maximum Gasteiger partial charge on any atom is 0.213 e. The first-order valence-corrected chi connectivity index (χ1v) is 5.88. The summed E-state index contributed by atoms with van der Waals surface area (Å²) in [5.74, 6) is 1.18. The highest BCUT2D eigenvalue weighted by Crippen LogP contribution is 2.16. The average molecular weight is 227 g/mol. The zero-order valence-electron chi connectivity index (χ0n) is 10.3. The lowest BCUT2D eigenvalue weighted by atomic mass is 10.1. The van der Waals surface area contributed by atoms with Crippen LogP contribution in [0.2, 0.25) is 0 Å². The molecular formula is C15H17NO. The number of hydrogen-bond acceptors (Lipinski definition) is 2. The van der Waals surface area contributed by atoms with Gasteiger partial charge in [-0.05, 0) is 17.0 Å². The van der Waals surface area contributed by atoms with Crippen molar-refractivity contribution in [3.8, 4) is 5.88 Å². The maximum atomic E-state index is 5.62. The number of ether oxygens (including phenoxy) is 1. The third-order valence-electron chi connectivity index (χ3n) is 2.66. The van der Waals surface area contributed by atoms with E-state index in [9.17, 15) is 0 Å². The molecule has 0 atom stereocenters. The van der Waals surface area contributed by atoms with Crippen LogP contribution in [-0.2, 0) is 6.61 Å². The number of aromatic nitrogens is 1. The number of rotatable bonds is 4. The van der Waals surface area contributed by atoms with Crippen molar-refractivity contribution in [3.05, 3.63) is 59.8 Å². The Hall–Kier alpha value is -1.83. The number of pyridine rings is 1. The highest BCUT2D eigenvalue weighted by Gasteiger charge is 2.00. The molecule has 0 unspecified atom stereocenters. The molecule has 2 rings (SSSR count). The minimum atomic E-state index is 0.505. The minimum absolute atomic E-state index is 0.505. The van der Waals surface area contributed by atoms with Crippen molar-refractivity contribution in [2.75, 3.05) is 0 Å². The second-order valence-electron chi connectivity index (χ2n) is 4.36. The molecule has 0 saturated heterocycles. The molecule has 0 N–H and O–H groups in total. The lowest BCUT2D eigenvalue weighted by Gasteiger charge is -2.07. The van der Waals surface area contributed by atoms with Crippen LogP contribution in [0.4, 0.5) is 0 Å². The van der Waals surface area contributed by atoms with Gasteiger partial charge in [0.05, 0.1) is 0 Å². The van der Waals surface area contributed by atoms with Gasteiger partial charge < -0.3 is 4.74 Å². The highest BCUT2D eigenvalue weighted by molar-refractivity contribution is 5.21. The summed E-state index contributed by atoms with van der Waals surface area (Å²) in [5.41, 5.74) is 2.39. The van der Waals surface area contributed by atoms with Crippen LogP contribution < -0.4 is 4.74 Å². The molecule has 0 spiro atoms. The smallest absolute Gasteiger partial charge is 0.213 e. The molecule has 1 aromatic carbocycles. The lowest BCUT2D eigenvalue weighted by molar-refractivity contribution is 0.293. The van der Waals surface area contributed by atoms with E-state index >= 15 is 0 Å². The first kappa shape index (κ1) is 11.6. The second kappa shape index (κ2) is 5.48. The van der Waals surface area contributed by atoms with Gasteiger partial charge in [-0.25, -0.2) is 4.98 Å². The van der Waals surface area contributed by atoms with Gasteiger partial charge in [0.15, 0.2) is 0 Å². The largest absolute Gasteiger partial charge is 0.473 e. The normalized spacial score (nSPS) is 10.5. The molecule has 2 aromatic rings. The summed E-state index contributed by atoms with van der Waals surface area (Å²) in [6, 6.07) is 14.1. The van der Waals surface area contributed by atoms with Gasteiger partial charge in [0.1, 0.15) is 6.61 Å². The van der Waals surface area contributed by atoms with Gasteiger partial charge in [-0.3, -0.25) is 0 Å². The topological polar surface area (TPSA) is 22.1 Å². The van der Waals surface area contributed by atoms with Crippen LogP contribution in [0.5, 0.6) is 5.88 Å². The molecule has 1 aromatic heterocycles. The Morgan fingerprint density at radius 1 is 1.06 bits per heavy atom. The highest BCUT2D eigenvalue weighted by atomic mass is 16.5. The van der Waals surface area contributed by atoms with Crippen LogP contribution in [-0.4, -0.2) is 4.98 Å². The number of benzene rings is 1. The molecule has 0 saturated carbocycles. The predicted octanol–water partition coefficient (Wildman–Crippen LogP) is 3.78. The first-order valence-electron chi connectivity index (χ1n) is 5.88. The van der Waals surface area contributed by atoms with Crippen LogP contribution in [0.25, 0.3) is 0 Å². The van der Waals surface area contributed by atoms with E-state index in [2.05, 4.69) is 24.9 Å². The summed E-state index contributed by atoms with van der Waals surface area (Å²) >= 11 is 0. The van der Waals surface area contributed by atoms with E-state index in [1.165, 1.54) is 5.56 Å². The van der Waals surface area contributed by atoms with E-state index < -0.39 is 0 Å². The van der Waals surface area contributed by atoms with E-state index in [1.54, 1.807) is 0 Å². The van der Waals surface area contributed by atoms with Crippen molar-refractivity contribution in [2.24, 2.45) is 0 Å². The Morgan fingerprint density at radius 3 is 2.41 bits per heavy atom. The molecule has 0 aliphatic heterocycles. The Bertz CT molecular complexity index is 448. The third-order valence-corrected chi connectivity index (χ3v) is 2.66. The van der Waals surface area contributed by atoms with Crippen molar-refractivity contribution in [2.45, 2.75) is 26.4 Å². The molecule has 1 heterocycles. The van der Waals surface area contributed by atoms with Crippen LogP contribution in [0.1, 0.15) is 30.9 Å². The minimum Gasteiger partial charge on any atom is -0.473 e. The molecule has 0 aliphatic rings. The SMILES string of the molecule is CC(C)c1ccc(OCc2ccccc2)nc1. The van der Waals surface area contributed by atoms with Crippen LogP contribution >= 0.6 is 0 Å². The molecular weight excluding hydrogens is 210 g/mol. The first-order chi connectivity index (χ1) is 8.25. The van der Waals surface area contributed by atoms with Crippen molar-refractivity contribution < 1.29 is 4.74 Å². The second-order valence-corrected chi connectivity index (χ2v) is 4.36. The Morgan fingerprint density at radius 2 is 1.82 bits per heavy atom. The van der Waals surface area contributed by atoms with Crippen LogP contribution in [0, 0.1) is 0 Å². The maximum absolute atomic E-state index is 5.62. The van der Waals surface area contributed by atoms with Crippen molar-refractivity contribution in [1.82, 2.24) is 4.98 Å². The number of nitrogens with zero attached hydrogens (tertiary/aromatic N) is 1. The monoisotopic (exact) mass is 227 g/mol. The van der Waals surface area contributed by atoms with E-state index in [1.807, 2.05) is 42.6 Å². The molecule has 0 amide bonds. The molecule has 2 heteroatoms. The Labute approximate surface area is 102 Å². The summed E-state index contributed by atoms with van der Waals surface area (Å²) < 4.78 is 5.62. The zero-order chi connectivity index (χ0) is 12.1. The van der Waals surface area contributed by atoms with Gasteiger partial charge >= 0.3 is 0 Å². The summed E-state index contributed by atoms with van der Waals surface area (Å²) in [5, 5.41) is 0. The molecule has 0 radical (unpaired) electrons. The molecule has 2 nitrogen and oxygen atoms in total. The number of hydrogen-bond donors (Lipinski definition) is 0. The summed E-state index contributed by atoms with van der Waals surface area (Å²) in [6.45, 7) is 4.87. The van der Waals surface area contributed by atoms with E-state index in [0.717, 1.165) is 5.56 Å². The fourth-order valence-electron chi connectivity index (χ4n) is 1.55. The van der Waals surface area contributed by atoms with E-state index in [0.29, 0.717) is 18.4 Å². The molecule has 0 aliphatic carbocycles. The fraction of sp³-hybridized carbons (Fsp3) is 0.267. The molecule has 17 heavy (non-hydrogen) atoms. The van der Waals surface area contributed by atoms with Crippen molar-refractivity contribution in [1.29, 1.82) is 0 Å². The summed E-state index contributed by atoms with van der Waals surface area (Å²) in [4.78, 5) is 4.29. The quantitative estimate of drug-likeness (QED) is 0.793. The molecule has 0 bridgehead atoms. The summed E-state index contributed by atoms with van der Waals surface area (Å²) in [7, 11) is 0. The zero-order valence-corrected chi connectivity index (χ0v) is 10.3. The fourth-order valence-corrected chi connectivity index (χ4v) is 1.55. The third kappa shape index (κ3) is 3.31.